The van der Waals surface area contributed by atoms with Crippen molar-refractivity contribution in [2.24, 2.45) is 5.92 Å². The number of aromatic nitrogens is 3. The molecule has 0 unspecified atom stereocenters. The summed E-state index contributed by atoms with van der Waals surface area (Å²) in [5.74, 6) is 2.17. The van der Waals surface area contributed by atoms with E-state index in [1.807, 2.05) is 6.07 Å². The predicted molar refractivity (Wildman–Crippen MR) is 108 cm³/mol. The van der Waals surface area contributed by atoms with Gasteiger partial charge in [-0.3, -0.25) is 9.69 Å². The first-order chi connectivity index (χ1) is 13.6. The fourth-order valence-corrected chi connectivity index (χ4v) is 3.71. The van der Waals surface area contributed by atoms with Crippen molar-refractivity contribution in [3.8, 4) is 0 Å². The van der Waals surface area contributed by atoms with Crippen molar-refractivity contribution in [2.75, 3.05) is 26.8 Å². The van der Waals surface area contributed by atoms with Crippen LogP contribution in [0.25, 0.3) is 0 Å². The molecule has 0 saturated heterocycles. The quantitative estimate of drug-likeness (QED) is 0.754. The Bertz CT molecular complexity index is 759. The van der Waals surface area contributed by atoms with E-state index in [0.29, 0.717) is 5.92 Å². The zero-order valence-electron chi connectivity index (χ0n) is 17.1. The number of benzene rings is 1. The molecule has 0 bridgehead atoms. The van der Waals surface area contributed by atoms with Crippen molar-refractivity contribution in [2.45, 2.75) is 45.8 Å². The Morgan fingerprint density at radius 3 is 2.68 bits per heavy atom. The first kappa shape index (κ1) is 20.5. The van der Waals surface area contributed by atoms with Gasteiger partial charge in [0.1, 0.15) is 12.4 Å². The van der Waals surface area contributed by atoms with Crippen LogP contribution in [0, 0.1) is 5.92 Å². The number of nitrogens with zero attached hydrogens (tertiary/aromatic N) is 4. The zero-order chi connectivity index (χ0) is 19.9. The molecule has 3 rings (SSSR count). The smallest absolute Gasteiger partial charge is 0.246 e. The van der Waals surface area contributed by atoms with Crippen LogP contribution >= 0.6 is 0 Å². The molecule has 152 valence electrons. The molecule has 0 saturated carbocycles. The first-order valence-electron chi connectivity index (χ1n) is 10.0. The van der Waals surface area contributed by atoms with E-state index >= 15 is 0 Å². The second-order valence-electron chi connectivity index (χ2n) is 7.82. The number of methoxy groups -OCH3 is 1. The number of rotatable bonds is 8. The van der Waals surface area contributed by atoms with Crippen molar-refractivity contribution < 1.29 is 9.53 Å². The summed E-state index contributed by atoms with van der Waals surface area (Å²) in [7, 11) is 1.53. The van der Waals surface area contributed by atoms with Gasteiger partial charge >= 0.3 is 0 Å². The van der Waals surface area contributed by atoms with Crippen LogP contribution in [0.4, 0.5) is 0 Å². The summed E-state index contributed by atoms with van der Waals surface area (Å²) in [6, 6.07) is 10.4. The van der Waals surface area contributed by atoms with Crippen LogP contribution in [0.1, 0.15) is 43.5 Å². The summed E-state index contributed by atoms with van der Waals surface area (Å²) < 4.78 is 7.17. The van der Waals surface area contributed by atoms with Crippen LogP contribution in [0.2, 0.25) is 0 Å². The number of carbonyl (C=O) groups is 1. The van der Waals surface area contributed by atoms with Gasteiger partial charge < -0.3 is 14.6 Å². The van der Waals surface area contributed by atoms with E-state index in [0.717, 1.165) is 50.7 Å². The number of fused-ring (bicyclic) bond motifs is 1. The highest BCUT2D eigenvalue weighted by Crippen LogP contribution is 2.22. The van der Waals surface area contributed by atoms with Crippen molar-refractivity contribution in [1.82, 2.24) is 25.0 Å². The van der Waals surface area contributed by atoms with Crippen molar-refractivity contribution >= 4 is 5.91 Å². The molecule has 1 atom stereocenters. The van der Waals surface area contributed by atoms with Gasteiger partial charge in [-0.1, -0.05) is 44.2 Å². The highest BCUT2D eigenvalue weighted by molar-refractivity contribution is 5.77. The number of carbonyl (C=O) groups excluding carboxylic acids is 1. The SMILES string of the molecule is COCC(=O)N[C@@H](CC(C)C)c1nnc2n1CCN(Cc1ccccc1)CC2. The topological polar surface area (TPSA) is 72.3 Å². The first-order valence-corrected chi connectivity index (χ1v) is 10.0. The Hall–Kier alpha value is -2.25. The third-order valence-electron chi connectivity index (χ3n) is 5.03. The Morgan fingerprint density at radius 2 is 1.96 bits per heavy atom. The standard InChI is InChI=1S/C21H31N5O2/c1-16(2)13-18(22-20(27)15-28-3)21-24-23-19-9-10-25(11-12-26(19)21)14-17-7-5-4-6-8-17/h4-8,16,18H,9-15H2,1-3H3,(H,22,27)/t18-/m0/s1. The van der Waals surface area contributed by atoms with Crippen LogP contribution in [0.3, 0.4) is 0 Å². The summed E-state index contributed by atoms with van der Waals surface area (Å²) in [5, 5.41) is 12.0. The molecule has 2 heterocycles. The van der Waals surface area contributed by atoms with E-state index in [4.69, 9.17) is 4.74 Å². The molecule has 7 heteroatoms. The molecule has 7 nitrogen and oxygen atoms in total. The van der Waals surface area contributed by atoms with Gasteiger partial charge in [0.05, 0.1) is 6.04 Å². The molecule has 28 heavy (non-hydrogen) atoms. The average Bonchev–Trinajstić information content (AvgIpc) is 2.97. The lowest BCUT2D eigenvalue weighted by Crippen LogP contribution is -2.34. The van der Waals surface area contributed by atoms with Gasteiger partial charge in [-0.05, 0) is 17.9 Å². The Balaban J connectivity index is 1.72. The summed E-state index contributed by atoms with van der Waals surface area (Å²) in [4.78, 5) is 14.6. The van der Waals surface area contributed by atoms with E-state index in [1.165, 1.54) is 12.7 Å². The molecule has 0 aliphatic carbocycles. The molecule has 0 fully saturated rings. The maximum Gasteiger partial charge on any atom is 0.246 e. The minimum atomic E-state index is -0.149. The van der Waals surface area contributed by atoms with Crippen LogP contribution < -0.4 is 5.32 Å². The Labute approximate surface area is 167 Å². The molecule has 1 aromatic carbocycles. The fraction of sp³-hybridized carbons (Fsp3) is 0.571. The molecular formula is C21H31N5O2. The number of hydrogen-bond acceptors (Lipinski definition) is 5. The normalized spacial score (nSPS) is 15.9. The fourth-order valence-electron chi connectivity index (χ4n) is 3.71. The molecule has 1 amide bonds. The van der Waals surface area contributed by atoms with E-state index in [-0.39, 0.29) is 18.6 Å². The molecule has 1 aliphatic heterocycles. The van der Waals surface area contributed by atoms with Gasteiger partial charge in [0.15, 0.2) is 5.82 Å². The number of ether oxygens (including phenoxy) is 1. The second kappa shape index (κ2) is 9.80. The highest BCUT2D eigenvalue weighted by atomic mass is 16.5. The van der Waals surface area contributed by atoms with Gasteiger partial charge in [0.25, 0.3) is 0 Å². The summed E-state index contributed by atoms with van der Waals surface area (Å²) >= 11 is 0. The molecule has 1 aliphatic rings. The number of amides is 1. The van der Waals surface area contributed by atoms with Crippen LogP contribution in [0.15, 0.2) is 30.3 Å². The van der Waals surface area contributed by atoms with Crippen molar-refractivity contribution in [3.63, 3.8) is 0 Å². The minimum Gasteiger partial charge on any atom is -0.375 e. The summed E-state index contributed by atoms with van der Waals surface area (Å²) in [6.45, 7) is 8.02. The lowest BCUT2D eigenvalue weighted by atomic mass is 10.0. The van der Waals surface area contributed by atoms with Crippen LogP contribution in [0.5, 0.6) is 0 Å². The lowest BCUT2D eigenvalue weighted by Gasteiger charge is -2.22. The highest BCUT2D eigenvalue weighted by Gasteiger charge is 2.26. The number of hydrogen-bond donors (Lipinski definition) is 1. The Kier molecular flexibility index (Phi) is 7.17. The molecule has 0 radical (unpaired) electrons. The van der Waals surface area contributed by atoms with Gasteiger partial charge in [0.2, 0.25) is 5.91 Å². The Morgan fingerprint density at radius 1 is 1.18 bits per heavy atom. The molecule has 1 N–H and O–H groups in total. The monoisotopic (exact) mass is 385 g/mol. The number of nitrogens with one attached hydrogen (secondary N) is 1. The predicted octanol–water partition coefficient (Wildman–Crippen LogP) is 2.19. The van der Waals surface area contributed by atoms with Crippen LogP contribution in [-0.4, -0.2) is 52.4 Å². The van der Waals surface area contributed by atoms with Gasteiger partial charge in [-0.15, -0.1) is 10.2 Å². The van der Waals surface area contributed by atoms with E-state index in [2.05, 4.69) is 63.1 Å². The van der Waals surface area contributed by atoms with E-state index in [1.54, 1.807) is 0 Å². The second-order valence-corrected chi connectivity index (χ2v) is 7.82. The van der Waals surface area contributed by atoms with Gasteiger partial charge in [0, 0.05) is 39.7 Å². The van der Waals surface area contributed by atoms with Crippen LogP contribution in [-0.2, 0) is 29.0 Å². The molecular weight excluding hydrogens is 354 g/mol. The summed E-state index contributed by atoms with van der Waals surface area (Å²) in [6.07, 6.45) is 1.68. The maximum absolute atomic E-state index is 12.1. The molecule has 1 aromatic heterocycles. The van der Waals surface area contributed by atoms with Gasteiger partial charge in [-0.25, -0.2) is 0 Å². The summed E-state index contributed by atoms with van der Waals surface area (Å²) in [5.41, 5.74) is 1.32. The third kappa shape index (κ3) is 5.39. The largest absolute Gasteiger partial charge is 0.375 e. The lowest BCUT2D eigenvalue weighted by molar-refractivity contribution is -0.125. The molecule has 2 aromatic rings. The molecule has 0 spiro atoms. The maximum atomic E-state index is 12.1. The van der Waals surface area contributed by atoms with E-state index < -0.39 is 0 Å². The average molecular weight is 386 g/mol. The van der Waals surface area contributed by atoms with Crippen molar-refractivity contribution in [1.29, 1.82) is 0 Å². The zero-order valence-corrected chi connectivity index (χ0v) is 17.1. The third-order valence-corrected chi connectivity index (χ3v) is 5.03. The minimum absolute atomic E-state index is 0.0560. The van der Waals surface area contributed by atoms with E-state index in [9.17, 15) is 4.79 Å². The van der Waals surface area contributed by atoms with Crippen molar-refractivity contribution in [3.05, 3.63) is 47.5 Å². The van der Waals surface area contributed by atoms with Gasteiger partial charge in [-0.2, -0.15) is 0 Å².